The fourth-order valence-corrected chi connectivity index (χ4v) is 13.0. The van der Waals surface area contributed by atoms with E-state index in [1.54, 1.807) is 20.1 Å². The lowest BCUT2D eigenvalue weighted by molar-refractivity contribution is -0.247. The van der Waals surface area contributed by atoms with E-state index in [1.807, 2.05) is 0 Å². The molecule has 258 valence electrons. The third-order valence-electron chi connectivity index (χ3n) is 15.3. The molecule has 0 amide bonds. The fraction of sp³-hybridized carbons (Fsp3) is 0.917. The van der Waals surface area contributed by atoms with Crippen LogP contribution in [0.15, 0.2) is 17.1 Å². The van der Waals surface area contributed by atoms with E-state index >= 15 is 0 Å². The molecular weight excluding hydrogens is 586 g/mol. The topological polar surface area (TPSA) is 144 Å². The molecule has 13 unspecified atom stereocenters. The summed E-state index contributed by atoms with van der Waals surface area (Å²) in [5.41, 5.74) is 6.79. The minimum atomic E-state index is -1.27. The average Bonchev–Trinajstić information content (AvgIpc) is 3.30. The van der Waals surface area contributed by atoms with E-state index < -0.39 is 35.6 Å². The van der Waals surface area contributed by atoms with Crippen molar-refractivity contribution in [2.24, 2.45) is 45.1 Å². The zero-order valence-electron chi connectivity index (χ0n) is 28.5. The van der Waals surface area contributed by atoms with Gasteiger partial charge in [-0.25, -0.2) is 4.98 Å². The summed E-state index contributed by atoms with van der Waals surface area (Å²) in [5, 5.41) is 33.6. The fourth-order valence-electron chi connectivity index (χ4n) is 13.0. The highest BCUT2D eigenvalue weighted by Crippen LogP contribution is 2.87. The molecule has 10 heteroatoms. The Morgan fingerprint density at radius 3 is 2.59 bits per heavy atom. The second kappa shape index (κ2) is 10.5. The number of nitrogens with zero attached hydrogens (tertiary/aromatic N) is 2. The summed E-state index contributed by atoms with van der Waals surface area (Å²) in [6, 6.07) is 0. The Morgan fingerprint density at radius 2 is 1.85 bits per heavy atom. The van der Waals surface area contributed by atoms with Gasteiger partial charge in [0, 0.05) is 13.1 Å². The number of morpholine rings is 1. The average molecular weight is 644 g/mol. The maximum absolute atomic E-state index is 12.2. The van der Waals surface area contributed by atoms with Crippen LogP contribution >= 0.6 is 0 Å². The number of nitrogens with two attached hydrogens (primary N) is 1. The summed E-state index contributed by atoms with van der Waals surface area (Å²) < 4.78 is 24.7. The van der Waals surface area contributed by atoms with Crippen LogP contribution in [-0.4, -0.2) is 92.8 Å². The molecule has 1 aromatic rings. The molecule has 0 aromatic carbocycles. The lowest BCUT2D eigenvalue weighted by atomic mass is 9.44. The smallest absolute Gasteiger partial charge is 0.180 e. The molecule has 2 spiro atoms. The molecule has 5 saturated carbocycles. The molecule has 5 aliphatic carbocycles. The van der Waals surface area contributed by atoms with E-state index in [0.717, 1.165) is 63.9 Å². The number of rotatable bonds is 6. The van der Waals surface area contributed by atoms with Gasteiger partial charge in [0.15, 0.2) is 12.7 Å². The van der Waals surface area contributed by atoms with Gasteiger partial charge in [0.25, 0.3) is 0 Å². The van der Waals surface area contributed by atoms with Gasteiger partial charge in [-0.1, -0.05) is 20.8 Å². The second-order valence-corrected chi connectivity index (χ2v) is 17.9. The Labute approximate surface area is 273 Å². The number of aromatic nitrogens is 1. The maximum atomic E-state index is 12.2. The van der Waals surface area contributed by atoms with Gasteiger partial charge in [-0.2, -0.15) is 0 Å². The van der Waals surface area contributed by atoms with E-state index in [-0.39, 0.29) is 45.9 Å². The molecular formula is C36H57N3O7. The van der Waals surface area contributed by atoms with E-state index in [1.165, 1.54) is 19.2 Å². The van der Waals surface area contributed by atoms with Crippen molar-refractivity contribution in [3.8, 4) is 0 Å². The van der Waals surface area contributed by atoms with Crippen molar-refractivity contribution in [3.05, 3.63) is 18.4 Å². The number of aliphatic hydroxyl groups excluding tert-OH is 2. The summed E-state index contributed by atoms with van der Waals surface area (Å²) in [5.74, 6) is 0.945. The zero-order chi connectivity index (χ0) is 32.5. The molecule has 7 aliphatic rings. The first-order chi connectivity index (χ1) is 21.7. The van der Waals surface area contributed by atoms with Gasteiger partial charge in [0.1, 0.15) is 12.4 Å². The SMILES string of the molecule is CC(C)(O)C(O)C1CCC2C(O1)C(O)C1(N)C3CCC4C(C)(C)C(OC5CN(Cc6cocn6)CCO5)CCC45CC35CCC21C. The van der Waals surface area contributed by atoms with E-state index in [9.17, 15) is 15.3 Å². The zero-order valence-corrected chi connectivity index (χ0v) is 28.5. The van der Waals surface area contributed by atoms with Crippen LogP contribution in [0.5, 0.6) is 0 Å². The summed E-state index contributed by atoms with van der Waals surface area (Å²) >= 11 is 0. The molecule has 13 atom stereocenters. The normalized spacial score (nSPS) is 50.5. The molecule has 2 saturated heterocycles. The number of oxazole rings is 1. The molecule has 0 radical (unpaired) electrons. The van der Waals surface area contributed by atoms with Gasteiger partial charge in [-0.3, -0.25) is 4.90 Å². The van der Waals surface area contributed by atoms with Crippen LogP contribution in [0.4, 0.5) is 0 Å². The van der Waals surface area contributed by atoms with E-state index in [2.05, 4.69) is 30.7 Å². The largest absolute Gasteiger partial charge is 0.451 e. The second-order valence-electron chi connectivity index (χ2n) is 17.9. The first-order valence-electron chi connectivity index (χ1n) is 18.1. The predicted octanol–water partition coefficient (Wildman–Crippen LogP) is 3.61. The first kappa shape index (κ1) is 32.1. The number of ether oxygens (including phenoxy) is 3. The molecule has 10 nitrogen and oxygen atoms in total. The number of fused-ring (bicyclic) bond motifs is 4. The number of hydrogen-bond acceptors (Lipinski definition) is 10. The van der Waals surface area contributed by atoms with Crippen molar-refractivity contribution < 1.29 is 33.9 Å². The standard InChI is InChI=1S/C36H57N3O7/c1-31(2)24-8-9-25-35(13-12-33(5)22-6-7-23(29(40)32(3,4)42)45-28(22)30(41)36(25,33)37)19-34(24,35)11-10-26(31)46-27-17-39(14-15-44-27)16-21-18-43-20-38-21/h18,20,22-30,40-42H,6-17,19,37H2,1-5H3. The highest BCUT2D eigenvalue weighted by molar-refractivity contribution is 5.35. The van der Waals surface area contributed by atoms with Gasteiger partial charge in [-0.05, 0) is 111 Å². The summed E-state index contributed by atoms with van der Waals surface area (Å²) in [7, 11) is 0. The van der Waals surface area contributed by atoms with Crippen LogP contribution in [0.25, 0.3) is 0 Å². The molecule has 3 heterocycles. The lowest BCUT2D eigenvalue weighted by Crippen LogP contribution is -2.70. The van der Waals surface area contributed by atoms with Crippen LogP contribution in [-0.2, 0) is 20.8 Å². The van der Waals surface area contributed by atoms with Gasteiger partial charge < -0.3 is 39.7 Å². The quantitative estimate of drug-likeness (QED) is 0.363. The summed E-state index contributed by atoms with van der Waals surface area (Å²) in [6.07, 6.45) is 9.55. The highest BCUT2D eigenvalue weighted by atomic mass is 16.7. The Kier molecular flexibility index (Phi) is 7.30. The van der Waals surface area contributed by atoms with Crippen molar-refractivity contribution in [1.29, 1.82) is 0 Å². The lowest BCUT2D eigenvalue weighted by Gasteiger charge is -2.63. The Bertz CT molecular complexity index is 1300. The van der Waals surface area contributed by atoms with Crippen LogP contribution in [0.2, 0.25) is 0 Å². The van der Waals surface area contributed by atoms with Crippen molar-refractivity contribution in [3.63, 3.8) is 0 Å². The molecule has 5 N–H and O–H groups in total. The molecule has 1 aromatic heterocycles. The third kappa shape index (κ3) is 4.26. The molecule has 0 bridgehead atoms. The molecule has 7 fully saturated rings. The van der Waals surface area contributed by atoms with Crippen LogP contribution < -0.4 is 5.73 Å². The van der Waals surface area contributed by atoms with Gasteiger partial charge in [-0.15, -0.1) is 0 Å². The van der Waals surface area contributed by atoms with Crippen molar-refractivity contribution >= 4 is 0 Å². The van der Waals surface area contributed by atoms with Crippen LogP contribution in [0.3, 0.4) is 0 Å². The number of hydrogen-bond donors (Lipinski definition) is 4. The maximum Gasteiger partial charge on any atom is 0.180 e. The third-order valence-corrected chi connectivity index (χ3v) is 15.3. The monoisotopic (exact) mass is 643 g/mol. The highest BCUT2D eigenvalue weighted by Gasteiger charge is 2.85. The molecule has 2 aliphatic heterocycles. The van der Waals surface area contributed by atoms with Crippen LogP contribution in [0, 0.1) is 39.4 Å². The van der Waals surface area contributed by atoms with E-state index in [4.69, 9.17) is 24.4 Å². The first-order valence-corrected chi connectivity index (χ1v) is 18.1. The van der Waals surface area contributed by atoms with Gasteiger partial charge in [0.2, 0.25) is 0 Å². The molecule has 8 rings (SSSR count). The van der Waals surface area contributed by atoms with Gasteiger partial charge in [0.05, 0.1) is 54.4 Å². The molecule has 46 heavy (non-hydrogen) atoms. The van der Waals surface area contributed by atoms with Crippen molar-refractivity contribution in [2.45, 2.75) is 147 Å². The van der Waals surface area contributed by atoms with Crippen LogP contribution in [0.1, 0.15) is 98.1 Å². The Morgan fingerprint density at radius 1 is 1.09 bits per heavy atom. The minimum absolute atomic E-state index is 0.00116. The number of aliphatic hydroxyl groups is 3. The summed E-state index contributed by atoms with van der Waals surface area (Å²) in [6.45, 7) is 13.4. The Balaban J connectivity index is 0.996. The minimum Gasteiger partial charge on any atom is -0.451 e. The van der Waals surface area contributed by atoms with Crippen molar-refractivity contribution in [1.82, 2.24) is 9.88 Å². The van der Waals surface area contributed by atoms with Crippen molar-refractivity contribution in [2.75, 3.05) is 19.7 Å². The van der Waals surface area contributed by atoms with Gasteiger partial charge >= 0.3 is 0 Å². The predicted molar refractivity (Wildman–Crippen MR) is 169 cm³/mol. The van der Waals surface area contributed by atoms with E-state index in [0.29, 0.717) is 18.9 Å². The Hall–Kier alpha value is -1.11. The summed E-state index contributed by atoms with van der Waals surface area (Å²) in [4.78, 5) is 6.64.